The molecule has 2 aromatic rings. The summed E-state index contributed by atoms with van der Waals surface area (Å²) in [6.45, 7) is 3.62. The van der Waals surface area contributed by atoms with Crippen LogP contribution in [0.4, 0.5) is 13.2 Å². The molecule has 2 aromatic heterocycles. The first-order valence-electron chi connectivity index (χ1n) is 6.24. The third-order valence-electron chi connectivity index (χ3n) is 2.88. The van der Waals surface area contributed by atoms with E-state index in [0.29, 0.717) is 18.0 Å². The Bertz CT molecular complexity index is 559. The lowest BCUT2D eigenvalue weighted by Crippen LogP contribution is -2.30. The Morgan fingerprint density at radius 1 is 1.40 bits per heavy atom. The predicted octanol–water partition coefficient (Wildman–Crippen LogP) is 3.41. The molecule has 2 heterocycles. The van der Waals surface area contributed by atoms with Crippen molar-refractivity contribution in [2.24, 2.45) is 0 Å². The van der Waals surface area contributed by atoms with Gasteiger partial charge in [0.15, 0.2) is 5.76 Å². The van der Waals surface area contributed by atoms with Gasteiger partial charge in [0.1, 0.15) is 11.5 Å². The van der Waals surface area contributed by atoms with E-state index in [-0.39, 0.29) is 0 Å². The highest BCUT2D eigenvalue weighted by molar-refractivity contribution is 5.56. The average Bonchev–Trinajstić information content (AvgIpc) is 2.92. The minimum absolute atomic E-state index is 0.294. The van der Waals surface area contributed by atoms with E-state index in [1.54, 1.807) is 12.3 Å². The molecule has 0 aliphatic rings. The third-order valence-corrected chi connectivity index (χ3v) is 2.88. The van der Waals surface area contributed by atoms with Crippen LogP contribution in [0.2, 0.25) is 0 Å². The quantitative estimate of drug-likeness (QED) is 0.886. The third kappa shape index (κ3) is 3.86. The minimum Gasteiger partial charge on any atom is -0.460 e. The number of hydrogen-bond acceptors (Lipinski definition) is 3. The van der Waals surface area contributed by atoms with Gasteiger partial charge in [-0.2, -0.15) is 18.3 Å². The molecule has 0 amide bonds. The standard InChI is InChI=1S/C13H16F3N3O/c1-8(5-13(14,15)16)17-6-10-7-18-19-12(10)11-4-3-9(2)20-11/h3-4,7-8,17H,5-6H2,1-2H3,(H,18,19). The molecular weight excluding hydrogens is 271 g/mol. The smallest absolute Gasteiger partial charge is 0.390 e. The zero-order valence-electron chi connectivity index (χ0n) is 11.2. The molecule has 0 spiro atoms. The normalized spacial score (nSPS) is 13.7. The number of aromatic amines is 1. The van der Waals surface area contributed by atoms with E-state index < -0.39 is 18.6 Å². The summed E-state index contributed by atoms with van der Waals surface area (Å²) in [5.74, 6) is 1.39. The van der Waals surface area contributed by atoms with Gasteiger partial charge in [-0.3, -0.25) is 5.10 Å². The molecule has 1 unspecified atom stereocenters. The van der Waals surface area contributed by atoms with Crippen LogP contribution in [0.3, 0.4) is 0 Å². The molecule has 20 heavy (non-hydrogen) atoms. The predicted molar refractivity (Wildman–Crippen MR) is 68.0 cm³/mol. The van der Waals surface area contributed by atoms with Gasteiger partial charge in [-0.15, -0.1) is 0 Å². The summed E-state index contributed by atoms with van der Waals surface area (Å²) in [7, 11) is 0. The first-order valence-corrected chi connectivity index (χ1v) is 6.24. The second kappa shape index (κ2) is 5.70. The Morgan fingerprint density at radius 3 is 2.75 bits per heavy atom. The molecule has 0 aliphatic carbocycles. The molecule has 0 fully saturated rings. The van der Waals surface area contributed by atoms with E-state index >= 15 is 0 Å². The Morgan fingerprint density at radius 2 is 2.15 bits per heavy atom. The molecular formula is C13H16F3N3O. The molecule has 0 saturated heterocycles. The molecule has 2 N–H and O–H groups in total. The highest BCUT2D eigenvalue weighted by Crippen LogP contribution is 2.24. The molecule has 2 rings (SSSR count). The van der Waals surface area contributed by atoms with Crippen molar-refractivity contribution in [2.75, 3.05) is 0 Å². The summed E-state index contributed by atoms with van der Waals surface area (Å²) in [6, 6.07) is 2.96. The molecule has 0 aliphatic heterocycles. The Labute approximate surface area is 114 Å². The van der Waals surface area contributed by atoms with E-state index in [9.17, 15) is 13.2 Å². The number of furan rings is 1. The van der Waals surface area contributed by atoms with Crippen LogP contribution in [0.1, 0.15) is 24.7 Å². The number of alkyl halides is 3. The largest absolute Gasteiger partial charge is 0.460 e. The number of halogens is 3. The molecule has 110 valence electrons. The molecule has 7 heteroatoms. The Hall–Kier alpha value is -1.76. The van der Waals surface area contributed by atoms with Crippen molar-refractivity contribution in [3.05, 3.63) is 29.7 Å². The van der Waals surface area contributed by atoms with Gasteiger partial charge in [-0.05, 0) is 26.0 Å². The van der Waals surface area contributed by atoms with Crippen molar-refractivity contribution in [3.8, 4) is 11.5 Å². The van der Waals surface area contributed by atoms with Gasteiger partial charge in [0.2, 0.25) is 0 Å². The van der Waals surface area contributed by atoms with Gasteiger partial charge < -0.3 is 9.73 Å². The number of aromatic nitrogens is 2. The SMILES string of the molecule is Cc1ccc(-c2[nH]ncc2CNC(C)CC(F)(F)F)o1. The Balaban J connectivity index is 1.99. The number of hydrogen-bond donors (Lipinski definition) is 2. The number of aryl methyl sites for hydroxylation is 1. The van der Waals surface area contributed by atoms with Crippen LogP contribution in [0.15, 0.2) is 22.7 Å². The van der Waals surface area contributed by atoms with E-state index in [0.717, 1.165) is 11.3 Å². The summed E-state index contributed by atoms with van der Waals surface area (Å²) in [5.41, 5.74) is 1.46. The number of nitrogens with zero attached hydrogens (tertiary/aromatic N) is 1. The summed E-state index contributed by atoms with van der Waals surface area (Å²) >= 11 is 0. The van der Waals surface area contributed by atoms with Crippen LogP contribution >= 0.6 is 0 Å². The lowest BCUT2D eigenvalue weighted by molar-refractivity contribution is -0.139. The monoisotopic (exact) mass is 287 g/mol. The lowest BCUT2D eigenvalue weighted by Gasteiger charge is -2.15. The lowest BCUT2D eigenvalue weighted by atomic mass is 10.2. The zero-order chi connectivity index (χ0) is 14.8. The maximum atomic E-state index is 12.2. The van der Waals surface area contributed by atoms with Gasteiger partial charge in [0.05, 0.1) is 12.6 Å². The fourth-order valence-corrected chi connectivity index (χ4v) is 1.93. The Kier molecular flexibility index (Phi) is 4.17. The fourth-order valence-electron chi connectivity index (χ4n) is 1.93. The molecule has 0 bridgehead atoms. The van der Waals surface area contributed by atoms with Crippen molar-refractivity contribution in [2.45, 2.75) is 39.0 Å². The van der Waals surface area contributed by atoms with Crippen LogP contribution in [-0.4, -0.2) is 22.4 Å². The van der Waals surface area contributed by atoms with Gasteiger partial charge in [0, 0.05) is 18.2 Å². The summed E-state index contributed by atoms with van der Waals surface area (Å²) < 4.78 is 42.2. The first kappa shape index (κ1) is 14.6. The van der Waals surface area contributed by atoms with Crippen LogP contribution in [0.25, 0.3) is 11.5 Å². The number of H-pyrrole nitrogens is 1. The molecule has 4 nitrogen and oxygen atoms in total. The second-order valence-electron chi connectivity index (χ2n) is 4.78. The highest BCUT2D eigenvalue weighted by Gasteiger charge is 2.29. The van der Waals surface area contributed by atoms with Gasteiger partial charge >= 0.3 is 6.18 Å². The van der Waals surface area contributed by atoms with E-state index in [1.165, 1.54) is 6.92 Å². The zero-order valence-corrected chi connectivity index (χ0v) is 11.2. The van der Waals surface area contributed by atoms with Crippen LogP contribution in [0.5, 0.6) is 0 Å². The van der Waals surface area contributed by atoms with Crippen molar-refractivity contribution in [1.29, 1.82) is 0 Å². The van der Waals surface area contributed by atoms with E-state index in [4.69, 9.17) is 4.42 Å². The van der Waals surface area contributed by atoms with Gasteiger partial charge in [-0.25, -0.2) is 0 Å². The average molecular weight is 287 g/mol. The topological polar surface area (TPSA) is 53.9 Å². The minimum atomic E-state index is -4.16. The molecule has 0 radical (unpaired) electrons. The summed E-state index contributed by atoms with van der Waals surface area (Å²) in [4.78, 5) is 0. The number of nitrogens with one attached hydrogen (secondary N) is 2. The van der Waals surface area contributed by atoms with Crippen molar-refractivity contribution >= 4 is 0 Å². The van der Waals surface area contributed by atoms with Crippen LogP contribution in [0, 0.1) is 6.92 Å². The van der Waals surface area contributed by atoms with Crippen molar-refractivity contribution < 1.29 is 17.6 Å². The molecule has 0 saturated carbocycles. The first-order chi connectivity index (χ1) is 9.35. The number of rotatable bonds is 5. The highest BCUT2D eigenvalue weighted by atomic mass is 19.4. The maximum Gasteiger partial charge on any atom is 0.390 e. The van der Waals surface area contributed by atoms with E-state index in [1.807, 2.05) is 13.0 Å². The second-order valence-corrected chi connectivity index (χ2v) is 4.78. The molecule has 1 atom stereocenters. The van der Waals surface area contributed by atoms with Crippen molar-refractivity contribution in [1.82, 2.24) is 15.5 Å². The maximum absolute atomic E-state index is 12.2. The summed E-state index contributed by atoms with van der Waals surface area (Å²) in [5, 5.41) is 9.55. The van der Waals surface area contributed by atoms with E-state index in [2.05, 4.69) is 15.5 Å². The molecule has 0 aromatic carbocycles. The summed E-state index contributed by atoms with van der Waals surface area (Å²) in [6.07, 6.45) is -3.44. The van der Waals surface area contributed by atoms with Crippen LogP contribution < -0.4 is 5.32 Å². The van der Waals surface area contributed by atoms with Gasteiger partial charge in [0.25, 0.3) is 0 Å². The van der Waals surface area contributed by atoms with Gasteiger partial charge in [-0.1, -0.05) is 0 Å². The van der Waals surface area contributed by atoms with Crippen LogP contribution in [-0.2, 0) is 6.54 Å². The fraction of sp³-hybridized carbons (Fsp3) is 0.462. The van der Waals surface area contributed by atoms with Crippen molar-refractivity contribution in [3.63, 3.8) is 0 Å².